The van der Waals surface area contributed by atoms with Crippen molar-refractivity contribution in [3.63, 3.8) is 0 Å². The number of thiazole rings is 1. The van der Waals surface area contributed by atoms with Crippen molar-refractivity contribution in [2.75, 3.05) is 0 Å². The first-order chi connectivity index (χ1) is 16.6. The van der Waals surface area contributed by atoms with Crippen LogP contribution in [0.2, 0.25) is 0 Å². The zero-order chi connectivity index (χ0) is 25.2. The van der Waals surface area contributed by atoms with Gasteiger partial charge in [0.05, 0.1) is 24.1 Å². The minimum Gasteiger partial charge on any atom is -0.457 e. The van der Waals surface area contributed by atoms with E-state index in [1.165, 1.54) is 11.3 Å². The molecule has 7 nitrogen and oxygen atoms in total. The lowest BCUT2D eigenvalue weighted by atomic mass is 10.1. The average molecular weight is 500 g/mol. The second-order valence-electron chi connectivity index (χ2n) is 7.78. The van der Waals surface area contributed by atoms with Crippen molar-refractivity contribution in [2.24, 2.45) is 0 Å². The highest BCUT2D eigenvalue weighted by molar-refractivity contribution is 7.14. The number of aromatic nitrogens is 4. The fourth-order valence-electron chi connectivity index (χ4n) is 3.18. The molecule has 0 unspecified atom stereocenters. The van der Waals surface area contributed by atoms with Crippen molar-refractivity contribution >= 4 is 17.2 Å². The average Bonchev–Trinajstić information content (AvgIpc) is 3.25. The normalized spacial score (nSPS) is 12.3. The Balaban J connectivity index is 1.61. The summed E-state index contributed by atoms with van der Waals surface area (Å²) in [4.78, 5) is 29.8. The Morgan fingerprint density at radius 3 is 2.43 bits per heavy atom. The van der Waals surface area contributed by atoms with Crippen molar-refractivity contribution in [1.82, 2.24) is 25.3 Å². The van der Waals surface area contributed by atoms with Crippen molar-refractivity contribution in [3.8, 4) is 22.1 Å². The molecule has 0 aliphatic rings. The van der Waals surface area contributed by atoms with Crippen LogP contribution in [0, 0.1) is 13.8 Å². The molecule has 4 aromatic rings. The van der Waals surface area contributed by atoms with Gasteiger partial charge in [0.15, 0.2) is 5.69 Å². The number of ether oxygens (including phenoxy) is 1. The van der Waals surface area contributed by atoms with Crippen LogP contribution in [0.4, 0.5) is 13.2 Å². The summed E-state index contributed by atoms with van der Waals surface area (Å²) >= 11 is 1.47. The Morgan fingerprint density at radius 1 is 1.00 bits per heavy atom. The van der Waals surface area contributed by atoms with E-state index in [4.69, 9.17) is 4.74 Å². The van der Waals surface area contributed by atoms with Gasteiger partial charge in [0.1, 0.15) is 16.5 Å². The van der Waals surface area contributed by atoms with E-state index >= 15 is 0 Å². The second-order valence-corrected chi connectivity index (χ2v) is 9.01. The first-order valence-corrected chi connectivity index (χ1v) is 11.3. The van der Waals surface area contributed by atoms with Crippen molar-refractivity contribution in [2.45, 2.75) is 33.0 Å². The van der Waals surface area contributed by atoms with Gasteiger partial charge in [-0.05, 0) is 45.0 Å². The lowest BCUT2D eigenvalue weighted by Crippen LogP contribution is -2.27. The van der Waals surface area contributed by atoms with Gasteiger partial charge in [0.25, 0.3) is 5.91 Å². The molecule has 1 aromatic carbocycles. The number of carbonyl (C=O) groups excluding carboxylic acids is 1. The Hall–Kier alpha value is -3.86. The largest absolute Gasteiger partial charge is 0.457 e. The third-order valence-electron chi connectivity index (χ3n) is 4.89. The standard InChI is InChI=1S/C24H20F3N5O2S/c1-13-6-18(4-5-28-13)34-19-8-16(7-17(9-19)23-31-10-14(2)35-23)22(33)32-15(3)20-11-30-21(12-29-20)24(25,26)27/h4-12,15H,1-3H3,(H,32,33)/t15-/m1/s1. The minimum absolute atomic E-state index is 0.196. The van der Waals surface area contributed by atoms with Gasteiger partial charge < -0.3 is 10.1 Å². The van der Waals surface area contributed by atoms with E-state index in [1.807, 2.05) is 13.8 Å². The molecule has 11 heteroatoms. The van der Waals surface area contributed by atoms with Crippen LogP contribution in [-0.2, 0) is 6.18 Å². The quantitative estimate of drug-likeness (QED) is 0.355. The van der Waals surface area contributed by atoms with Crippen LogP contribution >= 0.6 is 11.3 Å². The van der Waals surface area contributed by atoms with E-state index in [1.54, 1.807) is 49.6 Å². The number of rotatable bonds is 6. The first kappa shape index (κ1) is 24.3. The van der Waals surface area contributed by atoms with Crippen LogP contribution in [0.25, 0.3) is 10.6 Å². The van der Waals surface area contributed by atoms with E-state index in [2.05, 4.69) is 25.3 Å². The van der Waals surface area contributed by atoms with Crippen molar-refractivity contribution in [3.05, 3.63) is 82.6 Å². The molecule has 4 rings (SSSR count). The summed E-state index contributed by atoms with van der Waals surface area (Å²) in [7, 11) is 0. The maximum Gasteiger partial charge on any atom is 0.434 e. The van der Waals surface area contributed by atoms with Crippen molar-refractivity contribution in [1.29, 1.82) is 0 Å². The van der Waals surface area contributed by atoms with Crippen LogP contribution in [0.1, 0.15) is 45.3 Å². The molecule has 1 N–H and O–H groups in total. The molecular weight excluding hydrogens is 479 g/mol. The third-order valence-corrected chi connectivity index (χ3v) is 5.86. The summed E-state index contributed by atoms with van der Waals surface area (Å²) in [5.41, 5.74) is 0.862. The summed E-state index contributed by atoms with van der Waals surface area (Å²) in [6.07, 6.45) is 0.426. The van der Waals surface area contributed by atoms with Gasteiger partial charge in [0.2, 0.25) is 0 Å². The summed E-state index contributed by atoms with van der Waals surface area (Å²) in [5, 5.41) is 3.47. The SMILES string of the molecule is Cc1cc(Oc2cc(C(=O)N[C@H](C)c3cnc(C(F)(F)F)cn3)cc(-c3ncc(C)s3)c2)ccn1. The number of halogens is 3. The zero-order valence-corrected chi connectivity index (χ0v) is 19.7. The number of nitrogens with zero attached hydrogens (tertiary/aromatic N) is 4. The number of benzene rings is 1. The molecule has 0 spiro atoms. The van der Waals surface area contributed by atoms with Gasteiger partial charge in [-0.1, -0.05) is 0 Å². The molecule has 1 atom stereocenters. The molecule has 3 heterocycles. The monoisotopic (exact) mass is 499 g/mol. The smallest absolute Gasteiger partial charge is 0.434 e. The molecule has 1 amide bonds. The van der Waals surface area contributed by atoms with E-state index in [9.17, 15) is 18.0 Å². The lowest BCUT2D eigenvalue weighted by Gasteiger charge is -2.15. The predicted octanol–water partition coefficient (Wildman–Crippen LogP) is 5.91. The number of nitrogens with one attached hydrogen (secondary N) is 1. The number of alkyl halides is 3. The van der Waals surface area contributed by atoms with Gasteiger partial charge >= 0.3 is 6.18 Å². The summed E-state index contributed by atoms with van der Waals surface area (Å²) < 4.78 is 44.2. The van der Waals surface area contributed by atoms with E-state index in [0.29, 0.717) is 28.8 Å². The fourth-order valence-corrected chi connectivity index (χ4v) is 3.93. The third kappa shape index (κ3) is 5.99. The van der Waals surface area contributed by atoms with Gasteiger partial charge in [-0.15, -0.1) is 11.3 Å². The molecule has 0 bridgehead atoms. The van der Waals surface area contributed by atoms with Crippen LogP contribution in [0.5, 0.6) is 11.5 Å². The second kappa shape index (κ2) is 9.79. The molecule has 0 saturated heterocycles. The van der Waals surface area contributed by atoms with Crippen LogP contribution in [-0.4, -0.2) is 25.8 Å². The highest BCUT2D eigenvalue weighted by Crippen LogP contribution is 2.32. The fraction of sp³-hybridized carbons (Fsp3) is 0.208. The number of hydrogen-bond acceptors (Lipinski definition) is 7. The summed E-state index contributed by atoms with van der Waals surface area (Å²) in [6.45, 7) is 5.38. The number of hydrogen-bond donors (Lipinski definition) is 1. The Kier molecular flexibility index (Phi) is 6.79. The predicted molar refractivity (Wildman–Crippen MR) is 124 cm³/mol. The maximum atomic E-state index is 13.1. The molecule has 0 radical (unpaired) electrons. The minimum atomic E-state index is -4.59. The van der Waals surface area contributed by atoms with Gasteiger partial charge in [-0.3, -0.25) is 14.8 Å². The maximum absolute atomic E-state index is 13.1. The lowest BCUT2D eigenvalue weighted by molar-refractivity contribution is -0.141. The van der Waals surface area contributed by atoms with E-state index < -0.39 is 23.8 Å². The first-order valence-electron chi connectivity index (χ1n) is 10.5. The molecule has 35 heavy (non-hydrogen) atoms. The summed E-state index contributed by atoms with van der Waals surface area (Å²) in [5.74, 6) is 0.530. The van der Waals surface area contributed by atoms with Crippen molar-refractivity contribution < 1.29 is 22.7 Å². The molecule has 0 aliphatic heterocycles. The molecule has 0 saturated carbocycles. The van der Waals surface area contributed by atoms with E-state index in [0.717, 1.165) is 21.8 Å². The summed E-state index contributed by atoms with van der Waals surface area (Å²) in [6, 6.07) is 7.85. The number of carbonyl (C=O) groups is 1. The van der Waals surface area contributed by atoms with Gasteiger partial charge in [-0.25, -0.2) is 9.97 Å². The Labute approximate surface area is 203 Å². The Morgan fingerprint density at radius 2 is 1.80 bits per heavy atom. The van der Waals surface area contributed by atoms with Crippen LogP contribution in [0.3, 0.4) is 0 Å². The highest BCUT2D eigenvalue weighted by atomic mass is 32.1. The Bertz CT molecular complexity index is 1360. The van der Waals surface area contributed by atoms with Gasteiger partial charge in [0, 0.05) is 40.2 Å². The zero-order valence-electron chi connectivity index (χ0n) is 18.9. The molecule has 180 valence electrons. The highest BCUT2D eigenvalue weighted by Gasteiger charge is 2.33. The molecule has 3 aromatic heterocycles. The van der Waals surface area contributed by atoms with Gasteiger partial charge in [-0.2, -0.15) is 13.2 Å². The molecule has 0 fully saturated rings. The van der Waals surface area contributed by atoms with E-state index in [-0.39, 0.29) is 5.69 Å². The number of aryl methyl sites for hydroxylation is 2. The van der Waals surface area contributed by atoms with Crippen LogP contribution < -0.4 is 10.1 Å². The number of amides is 1. The number of pyridine rings is 1. The van der Waals surface area contributed by atoms with Crippen LogP contribution in [0.15, 0.2) is 55.1 Å². The topological polar surface area (TPSA) is 89.9 Å². The molecule has 0 aliphatic carbocycles. The molecular formula is C24H20F3N5O2S.